The van der Waals surface area contributed by atoms with Gasteiger partial charge in [0, 0.05) is 6.07 Å². The second kappa shape index (κ2) is 8.08. The smallest absolute Gasteiger partial charge is 0.337 e. The highest BCUT2D eigenvalue weighted by atomic mass is 19.1. The highest BCUT2D eigenvalue weighted by molar-refractivity contribution is 5.85. The highest BCUT2D eigenvalue weighted by Gasteiger charge is 2.29. The molecule has 2 fully saturated rings. The molecule has 2 aliphatic rings. The number of fused-ring (bicyclic) bond motifs is 1. The van der Waals surface area contributed by atoms with Gasteiger partial charge >= 0.3 is 11.6 Å². The van der Waals surface area contributed by atoms with E-state index in [1.54, 1.807) is 6.92 Å². The van der Waals surface area contributed by atoms with Crippen molar-refractivity contribution in [3.8, 4) is 6.01 Å². The molecule has 0 atom stereocenters. The predicted octanol–water partition coefficient (Wildman–Crippen LogP) is 4.04. The van der Waals surface area contributed by atoms with E-state index in [2.05, 4.69) is 15.1 Å². The summed E-state index contributed by atoms with van der Waals surface area (Å²) >= 11 is 0. The Morgan fingerprint density at radius 1 is 1.28 bits per heavy atom. The standard InChI is InChI=1S/C21H26FN3O4/c1-21(22)9-7-15(8-10-21)25-29-20-23-18(27)17-14(11-13-5-3-2-4-6-13)12-16(26)28-19(17)24-20/h12-13H,2-11H2,1H3,(H,23,24,27). The summed E-state index contributed by atoms with van der Waals surface area (Å²) in [6.07, 6.45) is 8.22. The zero-order valence-corrected chi connectivity index (χ0v) is 16.6. The fourth-order valence-electron chi connectivity index (χ4n) is 4.29. The van der Waals surface area contributed by atoms with Gasteiger partial charge in [0.05, 0.1) is 5.71 Å². The van der Waals surface area contributed by atoms with Gasteiger partial charge in [-0.2, -0.15) is 4.98 Å². The van der Waals surface area contributed by atoms with E-state index >= 15 is 0 Å². The molecular formula is C21H26FN3O4. The van der Waals surface area contributed by atoms with Gasteiger partial charge in [-0.1, -0.05) is 37.3 Å². The van der Waals surface area contributed by atoms with Crippen LogP contribution in [0.1, 0.15) is 70.3 Å². The predicted molar refractivity (Wildman–Crippen MR) is 107 cm³/mol. The van der Waals surface area contributed by atoms with E-state index in [0.29, 0.717) is 49.0 Å². The summed E-state index contributed by atoms with van der Waals surface area (Å²) in [5.41, 5.74) is -0.776. The van der Waals surface area contributed by atoms with Crippen LogP contribution in [0, 0.1) is 5.92 Å². The number of halogens is 1. The molecule has 0 unspecified atom stereocenters. The van der Waals surface area contributed by atoms with Gasteiger partial charge in [0.1, 0.15) is 11.1 Å². The molecule has 29 heavy (non-hydrogen) atoms. The van der Waals surface area contributed by atoms with Gasteiger partial charge in [-0.25, -0.2) is 9.18 Å². The third-order valence-corrected chi connectivity index (χ3v) is 6.04. The number of alkyl halides is 1. The number of nitrogens with zero attached hydrogens (tertiary/aromatic N) is 2. The summed E-state index contributed by atoms with van der Waals surface area (Å²) < 4.78 is 19.0. The van der Waals surface area contributed by atoms with Crippen molar-refractivity contribution < 1.29 is 13.6 Å². The summed E-state index contributed by atoms with van der Waals surface area (Å²) in [6, 6.07) is 1.26. The zero-order chi connectivity index (χ0) is 20.4. The largest absolute Gasteiger partial charge is 0.403 e. The molecule has 0 saturated heterocycles. The monoisotopic (exact) mass is 403 g/mol. The number of rotatable bonds is 4. The molecule has 0 aliphatic heterocycles. The average Bonchev–Trinajstić information content (AvgIpc) is 2.67. The first-order valence-electron chi connectivity index (χ1n) is 10.4. The molecular weight excluding hydrogens is 377 g/mol. The average molecular weight is 403 g/mol. The molecule has 8 heteroatoms. The fraction of sp³-hybridized carbons (Fsp3) is 0.619. The molecule has 2 aliphatic carbocycles. The van der Waals surface area contributed by atoms with Gasteiger partial charge in [0.25, 0.3) is 5.56 Å². The highest BCUT2D eigenvalue weighted by Crippen LogP contribution is 2.30. The van der Waals surface area contributed by atoms with Crippen molar-refractivity contribution in [2.45, 2.75) is 76.8 Å². The summed E-state index contributed by atoms with van der Waals surface area (Å²) in [4.78, 5) is 36.7. The zero-order valence-electron chi connectivity index (χ0n) is 16.6. The maximum atomic E-state index is 13.9. The van der Waals surface area contributed by atoms with Crippen molar-refractivity contribution in [2.75, 3.05) is 0 Å². The number of nitrogens with one attached hydrogen (secondary N) is 1. The fourth-order valence-corrected chi connectivity index (χ4v) is 4.29. The van der Waals surface area contributed by atoms with Crippen LogP contribution in [0.15, 0.2) is 25.2 Å². The van der Waals surface area contributed by atoms with Crippen molar-refractivity contribution in [1.29, 1.82) is 0 Å². The summed E-state index contributed by atoms with van der Waals surface area (Å²) in [5, 5.41) is 4.30. The minimum absolute atomic E-state index is 0.0396. The van der Waals surface area contributed by atoms with Crippen LogP contribution in [0.3, 0.4) is 0 Å². The van der Waals surface area contributed by atoms with Gasteiger partial charge in [-0.15, -0.1) is 0 Å². The Morgan fingerprint density at radius 2 is 2.00 bits per heavy atom. The van der Waals surface area contributed by atoms with Crippen LogP contribution < -0.4 is 16.0 Å². The van der Waals surface area contributed by atoms with Crippen LogP contribution in [-0.4, -0.2) is 21.3 Å². The third kappa shape index (κ3) is 4.74. The molecule has 2 aromatic heterocycles. The Hall–Kier alpha value is -2.51. The van der Waals surface area contributed by atoms with Gasteiger partial charge in [-0.05, 0) is 50.5 Å². The van der Waals surface area contributed by atoms with E-state index in [-0.39, 0.29) is 11.7 Å². The molecule has 2 saturated carbocycles. The van der Waals surface area contributed by atoms with Crippen LogP contribution in [0.2, 0.25) is 0 Å². The van der Waals surface area contributed by atoms with Crippen LogP contribution in [0.5, 0.6) is 6.01 Å². The lowest BCUT2D eigenvalue weighted by atomic mass is 9.84. The van der Waals surface area contributed by atoms with E-state index in [1.165, 1.54) is 25.3 Å². The van der Waals surface area contributed by atoms with Crippen LogP contribution >= 0.6 is 0 Å². The molecule has 7 nitrogen and oxygen atoms in total. The SMILES string of the molecule is CC1(F)CCC(=NOc2nc3oc(=O)cc(CC4CCCCC4)c3c(=O)[nH]2)CC1. The molecule has 0 amide bonds. The Morgan fingerprint density at radius 3 is 2.72 bits per heavy atom. The molecule has 2 heterocycles. The quantitative estimate of drug-likeness (QED) is 0.777. The van der Waals surface area contributed by atoms with E-state index < -0.39 is 16.9 Å². The van der Waals surface area contributed by atoms with E-state index in [4.69, 9.17) is 9.25 Å². The number of hydrogen-bond acceptors (Lipinski definition) is 6. The molecule has 0 radical (unpaired) electrons. The Bertz CT molecular complexity index is 1020. The molecule has 0 bridgehead atoms. The first kappa shape index (κ1) is 19.8. The Balaban J connectivity index is 1.58. The number of oxime groups is 1. The third-order valence-electron chi connectivity index (χ3n) is 6.04. The van der Waals surface area contributed by atoms with Crippen molar-refractivity contribution in [1.82, 2.24) is 9.97 Å². The maximum absolute atomic E-state index is 13.9. The Kier molecular flexibility index (Phi) is 5.52. The second-order valence-electron chi connectivity index (χ2n) is 8.51. The van der Waals surface area contributed by atoms with Gasteiger partial charge in [-0.3, -0.25) is 9.78 Å². The van der Waals surface area contributed by atoms with Crippen molar-refractivity contribution >= 4 is 16.8 Å². The number of aromatic amines is 1. The summed E-state index contributed by atoms with van der Waals surface area (Å²) in [7, 11) is 0. The lowest BCUT2D eigenvalue weighted by Crippen LogP contribution is -2.26. The number of aromatic nitrogens is 2. The molecule has 0 spiro atoms. The minimum Gasteiger partial charge on any atom is -0.403 e. The summed E-state index contributed by atoms with van der Waals surface area (Å²) in [5.74, 6) is 0.461. The maximum Gasteiger partial charge on any atom is 0.337 e. The number of hydrogen-bond donors (Lipinski definition) is 1. The van der Waals surface area contributed by atoms with E-state index in [0.717, 1.165) is 18.6 Å². The molecule has 0 aromatic carbocycles. The van der Waals surface area contributed by atoms with Gasteiger partial charge < -0.3 is 9.25 Å². The lowest BCUT2D eigenvalue weighted by Gasteiger charge is -2.25. The first-order valence-corrected chi connectivity index (χ1v) is 10.4. The summed E-state index contributed by atoms with van der Waals surface area (Å²) in [6.45, 7) is 1.58. The van der Waals surface area contributed by atoms with Crippen molar-refractivity contribution in [3.05, 3.63) is 32.4 Å². The van der Waals surface area contributed by atoms with E-state index in [1.807, 2.05) is 0 Å². The molecule has 1 N–H and O–H groups in total. The topological polar surface area (TPSA) is 97.5 Å². The van der Waals surface area contributed by atoms with Crippen LogP contribution in [0.25, 0.3) is 11.1 Å². The lowest BCUT2D eigenvalue weighted by molar-refractivity contribution is 0.156. The van der Waals surface area contributed by atoms with Gasteiger partial charge in [0.15, 0.2) is 0 Å². The first-order chi connectivity index (χ1) is 13.9. The van der Waals surface area contributed by atoms with Crippen molar-refractivity contribution in [3.63, 3.8) is 0 Å². The van der Waals surface area contributed by atoms with Crippen molar-refractivity contribution in [2.24, 2.45) is 11.1 Å². The molecule has 2 aromatic rings. The second-order valence-corrected chi connectivity index (χ2v) is 8.51. The van der Waals surface area contributed by atoms with Gasteiger partial charge in [0.2, 0.25) is 5.71 Å². The minimum atomic E-state index is -1.17. The molecule has 156 valence electrons. The van der Waals surface area contributed by atoms with Crippen LogP contribution in [0.4, 0.5) is 4.39 Å². The normalized spacial score (nSPS) is 23.3. The molecule has 4 rings (SSSR count). The number of H-pyrrole nitrogens is 1. The van der Waals surface area contributed by atoms with E-state index in [9.17, 15) is 14.0 Å². The van der Waals surface area contributed by atoms with Crippen LogP contribution in [-0.2, 0) is 6.42 Å². The Labute approximate surface area is 167 Å².